The number of nitrogen functional groups attached to an aromatic ring is 1. The van der Waals surface area contributed by atoms with E-state index in [0.717, 1.165) is 18.7 Å². The highest BCUT2D eigenvalue weighted by Crippen LogP contribution is 2.23. The quantitative estimate of drug-likeness (QED) is 0.936. The molecule has 1 amide bonds. The predicted molar refractivity (Wildman–Crippen MR) is 88.5 cm³/mol. The summed E-state index contributed by atoms with van der Waals surface area (Å²) in [5.74, 6) is 0.627. The lowest BCUT2D eigenvalue weighted by atomic mass is 10.0. The molecule has 2 atom stereocenters. The Bertz CT molecular complexity index is 683. The molecule has 2 unspecified atom stereocenters. The van der Waals surface area contributed by atoms with Gasteiger partial charge in [-0.1, -0.05) is 18.2 Å². The summed E-state index contributed by atoms with van der Waals surface area (Å²) in [5, 5.41) is 4.26. The lowest BCUT2D eigenvalue weighted by Crippen LogP contribution is -2.34. The molecule has 6 heteroatoms. The van der Waals surface area contributed by atoms with Gasteiger partial charge in [-0.25, -0.2) is 4.68 Å². The Balaban J connectivity index is 1.76. The molecule has 23 heavy (non-hydrogen) atoms. The van der Waals surface area contributed by atoms with Gasteiger partial charge in [-0.15, -0.1) is 0 Å². The molecule has 1 aromatic heterocycles. The van der Waals surface area contributed by atoms with Gasteiger partial charge in [-0.2, -0.15) is 5.10 Å². The molecular formula is C17H22N4O2. The Hall–Kier alpha value is -2.34. The van der Waals surface area contributed by atoms with Gasteiger partial charge in [0.1, 0.15) is 11.4 Å². The maximum absolute atomic E-state index is 12.7. The summed E-state index contributed by atoms with van der Waals surface area (Å²) in [5.41, 5.74) is 7.41. The molecule has 2 heterocycles. The second kappa shape index (κ2) is 6.42. The van der Waals surface area contributed by atoms with Gasteiger partial charge in [0, 0.05) is 26.1 Å². The van der Waals surface area contributed by atoms with Crippen molar-refractivity contribution in [3.8, 4) is 5.69 Å². The average Bonchev–Trinajstić information content (AvgIpc) is 3.14. The lowest BCUT2D eigenvalue weighted by molar-refractivity contribution is 0.0704. The molecule has 2 aromatic rings. The minimum Gasteiger partial charge on any atom is -0.383 e. The second-order valence-electron chi connectivity index (χ2n) is 6.00. The van der Waals surface area contributed by atoms with E-state index < -0.39 is 0 Å². The summed E-state index contributed by atoms with van der Waals surface area (Å²) < 4.78 is 7.14. The molecule has 122 valence electrons. The summed E-state index contributed by atoms with van der Waals surface area (Å²) in [6.07, 6.45) is 2.71. The summed E-state index contributed by atoms with van der Waals surface area (Å²) in [4.78, 5) is 14.4. The van der Waals surface area contributed by atoms with Crippen LogP contribution in [0.15, 0.2) is 36.5 Å². The highest BCUT2D eigenvalue weighted by atomic mass is 16.5. The topological polar surface area (TPSA) is 73.4 Å². The Labute approximate surface area is 135 Å². The minimum atomic E-state index is -0.108. The van der Waals surface area contributed by atoms with E-state index in [2.05, 4.69) is 12.0 Å². The van der Waals surface area contributed by atoms with Crippen LogP contribution in [-0.4, -0.2) is 46.9 Å². The van der Waals surface area contributed by atoms with Crippen LogP contribution in [0.1, 0.15) is 23.7 Å². The third-order valence-corrected chi connectivity index (χ3v) is 4.43. The maximum atomic E-state index is 12.7. The van der Waals surface area contributed by atoms with Crippen LogP contribution in [0, 0.1) is 5.92 Å². The van der Waals surface area contributed by atoms with Crippen LogP contribution < -0.4 is 5.73 Å². The van der Waals surface area contributed by atoms with E-state index in [1.807, 2.05) is 30.3 Å². The molecular weight excluding hydrogens is 292 g/mol. The summed E-state index contributed by atoms with van der Waals surface area (Å²) in [6, 6.07) is 9.54. The molecule has 1 fully saturated rings. The molecule has 1 aliphatic rings. The van der Waals surface area contributed by atoms with Crippen LogP contribution in [-0.2, 0) is 4.74 Å². The fourth-order valence-corrected chi connectivity index (χ4v) is 2.95. The number of nitrogens with two attached hydrogens (primary N) is 1. The van der Waals surface area contributed by atoms with Gasteiger partial charge in [0.25, 0.3) is 5.91 Å². The fraction of sp³-hybridized carbons (Fsp3) is 0.412. The van der Waals surface area contributed by atoms with Gasteiger partial charge < -0.3 is 15.4 Å². The van der Waals surface area contributed by atoms with Gasteiger partial charge >= 0.3 is 0 Å². The Morgan fingerprint density at radius 3 is 2.83 bits per heavy atom. The van der Waals surface area contributed by atoms with Crippen molar-refractivity contribution in [2.75, 3.05) is 25.9 Å². The number of nitrogens with zero attached hydrogens (tertiary/aromatic N) is 3. The Morgan fingerprint density at radius 2 is 2.17 bits per heavy atom. The number of para-hydroxylation sites is 1. The SMILES string of the molecule is CC1OCCC1CN(C)C(=O)c1cnn(-c2ccccc2)c1N. The maximum Gasteiger partial charge on any atom is 0.258 e. The molecule has 6 nitrogen and oxygen atoms in total. The molecule has 2 N–H and O–H groups in total. The van der Waals surface area contributed by atoms with Gasteiger partial charge in [0.05, 0.1) is 18.0 Å². The normalized spacial score (nSPS) is 20.6. The number of rotatable bonds is 4. The van der Waals surface area contributed by atoms with E-state index in [1.165, 1.54) is 6.20 Å². The number of benzene rings is 1. The fourth-order valence-electron chi connectivity index (χ4n) is 2.95. The molecule has 1 saturated heterocycles. The number of carbonyl (C=O) groups is 1. The molecule has 0 bridgehead atoms. The first-order chi connectivity index (χ1) is 11.1. The largest absolute Gasteiger partial charge is 0.383 e. The van der Waals surface area contributed by atoms with Gasteiger partial charge in [0.15, 0.2) is 0 Å². The number of amides is 1. The average molecular weight is 314 g/mol. The number of hydrogen-bond acceptors (Lipinski definition) is 4. The second-order valence-corrected chi connectivity index (χ2v) is 6.00. The van der Waals surface area contributed by atoms with Crippen molar-refractivity contribution in [2.24, 2.45) is 5.92 Å². The number of hydrogen-bond donors (Lipinski definition) is 1. The van der Waals surface area contributed by atoms with Crippen molar-refractivity contribution in [1.82, 2.24) is 14.7 Å². The van der Waals surface area contributed by atoms with Gasteiger partial charge in [-0.05, 0) is 25.5 Å². The van der Waals surface area contributed by atoms with Crippen LogP contribution in [0.3, 0.4) is 0 Å². The van der Waals surface area contributed by atoms with Crippen molar-refractivity contribution in [3.05, 3.63) is 42.1 Å². The third-order valence-electron chi connectivity index (χ3n) is 4.43. The van der Waals surface area contributed by atoms with E-state index in [1.54, 1.807) is 16.6 Å². The van der Waals surface area contributed by atoms with Crippen LogP contribution in [0.4, 0.5) is 5.82 Å². The van der Waals surface area contributed by atoms with Crippen LogP contribution in [0.25, 0.3) is 5.69 Å². The summed E-state index contributed by atoms with van der Waals surface area (Å²) in [7, 11) is 1.80. The van der Waals surface area contributed by atoms with E-state index in [9.17, 15) is 4.79 Å². The molecule has 3 rings (SSSR count). The van der Waals surface area contributed by atoms with E-state index in [-0.39, 0.29) is 12.0 Å². The first kappa shape index (κ1) is 15.6. The van der Waals surface area contributed by atoms with Crippen LogP contribution >= 0.6 is 0 Å². The van der Waals surface area contributed by atoms with E-state index in [0.29, 0.717) is 23.8 Å². The van der Waals surface area contributed by atoms with Crippen molar-refractivity contribution in [3.63, 3.8) is 0 Å². The molecule has 0 saturated carbocycles. The standard InChI is InChI=1S/C17H22N4O2/c1-12-13(8-9-23-12)11-20(2)17(22)15-10-19-21(16(15)18)14-6-4-3-5-7-14/h3-7,10,12-13H,8-9,11,18H2,1-2H3. The van der Waals surface area contributed by atoms with Gasteiger partial charge in [0.2, 0.25) is 0 Å². The smallest absolute Gasteiger partial charge is 0.258 e. The number of carbonyl (C=O) groups excluding carboxylic acids is 1. The first-order valence-corrected chi connectivity index (χ1v) is 7.84. The van der Waals surface area contributed by atoms with Crippen molar-refractivity contribution in [1.29, 1.82) is 0 Å². The highest BCUT2D eigenvalue weighted by molar-refractivity contribution is 5.98. The van der Waals surface area contributed by atoms with Gasteiger partial charge in [-0.3, -0.25) is 4.79 Å². The van der Waals surface area contributed by atoms with Crippen molar-refractivity contribution < 1.29 is 9.53 Å². The molecule has 0 radical (unpaired) electrons. The zero-order valence-electron chi connectivity index (χ0n) is 13.5. The zero-order chi connectivity index (χ0) is 16.4. The van der Waals surface area contributed by atoms with Crippen molar-refractivity contribution >= 4 is 11.7 Å². The molecule has 1 aromatic carbocycles. The van der Waals surface area contributed by atoms with Crippen molar-refractivity contribution in [2.45, 2.75) is 19.4 Å². The predicted octanol–water partition coefficient (Wildman–Crippen LogP) is 1.95. The summed E-state index contributed by atoms with van der Waals surface area (Å²) >= 11 is 0. The Morgan fingerprint density at radius 1 is 1.43 bits per heavy atom. The monoisotopic (exact) mass is 314 g/mol. The number of anilines is 1. The third kappa shape index (κ3) is 3.07. The minimum absolute atomic E-state index is 0.108. The van der Waals surface area contributed by atoms with E-state index >= 15 is 0 Å². The molecule has 1 aliphatic heterocycles. The lowest BCUT2D eigenvalue weighted by Gasteiger charge is -2.22. The zero-order valence-corrected chi connectivity index (χ0v) is 13.5. The summed E-state index contributed by atoms with van der Waals surface area (Å²) in [6.45, 7) is 3.48. The number of aromatic nitrogens is 2. The molecule has 0 spiro atoms. The van der Waals surface area contributed by atoms with Crippen LogP contribution in [0.2, 0.25) is 0 Å². The highest BCUT2D eigenvalue weighted by Gasteiger charge is 2.28. The Kier molecular flexibility index (Phi) is 4.34. The van der Waals surface area contributed by atoms with E-state index in [4.69, 9.17) is 10.5 Å². The van der Waals surface area contributed by atoms with Crippen LogP contribution in [0.5, 0.6) is 0 Å². The number of ether oxygens (including phenoxy) is 1. The first-order valence-electron chi connectivity index (χ1n) is 7.84. The molecule has 0 aliphatic carbocycles.